The zero-order valence-electron chi connectivity index (χ0n) is 23.1. The van der Waals surface area contributed by atoms with Crippen LogP contribution in [0.25, 0.3) is 33.5 Å². The van der Waals surface area contributed by atoms with Crippen molar-refractivity contribution in [3.63, 3.8) is 0 Å². The van der Waals surface area contributed by atoms with Gasteiger partial charge < -0.3 is 5.32 Å². The molecule has 0 spiro atoms. The Morgan fingerprint density at radius 1 is 1.00 bits per heavy atom. The van der Waals surface area contributed by atoms with Crippen LogP contribution in [0, 0.1) is 0 Å². The average Bonchev–Trinajstić information content (AvgIpc) is 3.21. The Balaban J connectivity index is 1.59. The van der Waals surface area contributed by atoms with E-state index in [4.69, 9.17) is 28.2 Å². The van der Waals surface area contributed by atoms with Crippen LogP contribution in [0.1, 0.15) is 46.1 Å². The van der Waals surface area contributed by atoms with Gasteiger partial charge in [0.1, 0.15) is 12.4 Å². The molecule has 2 aromatic heterocycles. The number of rotatable bonds is 7. The summed E-state index contributed by atoms with van der Waals surface area (Å²) in [4.78, 5) is 38.4. The molecule has 3 heterocycles. The number of hydrogen-bond donors (Lipinski definition) is 1. The minimum absolute atomic E-state index is 0.0666. The molecule has 0 saturated carbocycles. The van der Waals surface area contributed by atoms with Crippen LogP contribution in [-0.2, 0) is 17.9 Å². The minimum atomic E-state index is -0.352. The van der Waals surface area contributed by atoms with Gasteiger partial charge in [-0.1, -0.05) is 35.3 Å². The third-order valence-electron chi connectivity index (χ3n) is 7.43. The van der Waals surface area contributed by atoms with Gasteiger partial charge in [-0.15, -0.1) is 0 Å². The molecule has 1 N–H and O–H groups in total. The number of amides is 1. The molecule has 2 aromatic carbocycles. The minimum Gasteiger partial charge on any atom is -0.352 e. The summed E-state index contributed by atoms with van der Waals surface area (Å²) in [6, 6.07) is 15.8. The number of fused-ring (bicyclic) bond motifs is 1. The summed E-state index contributed by atoms with van der Waals surface area (Å²) >= 11 is 12.8. The van der Waals surface area contributed by atoms with Crippen molar-refractivity contribution in [1.82, 2.24) is 24.8 Å². The number of pyridine rings is 1. The van der Waals surface area contributed by atoms with Gasteiger partial charge in [-0.05, 0) is 88.1 Å². The predicted molar refractivity (Wildman–Crippen MR) is 162 cm³/mol. The van der Waals surface area contributed by atoms with Crippen LogP contribution in [0.4, 0.5) is 0 Å². The maximum Gasteiger partial charge on any atom is 0.263 e. The first-order chi connectivity index (χ1) is 19.1. The predicted octanol–water partition coefficient (Wildman–Crippen LogP) is 6.33. The molecule has 4 aromatic rings. The Hall–Kier alpha value is -3.26. The summed E-state index contributed by atoms with van der Waals surface area (Å²) in [6.07, 6.45) is 4.09. The van der Waals surface area contributed by atoms with Crippen molar-refractivity contribution in [2.24, 2.45) is 0 Å². The number of carbonyl (C=O) groups is 1. The van der Waals surface area contributed by atoms with E-state index in [0.29, 0.717) is 44.6 Å². The second-order valence-corrected chi connectivity index (χ2v) is 11.8. The number of nitrogens with one attached hydrogen (secondary N) is 1. The van der Waals surface area contributed by atoms with Crippen molar-refractivity contribution in [1.29, 1.82) is 0 Å². The summed E-state index contributed by atoms with van der Waals surface area (Å²) in [5.41, 5.74) is 3.31. The number of nitrogens with zero attached hydrogens (tertiary/aromatic N) is 4. The Bertz CT molecular complexity index is 1620. The van der Waals surface area contributed by atoms with E-state index in [-0.39, 0.29) is 24.1 Å². The molecule has 2 unspecified atom stereocenters. The maximum absolute atomic E-state index is 13.9. The molecule has 2 atom stereocenters. The first kappa shape index (κ1) is 28.3. The first-order valence-corrected chi connectivity index (χ1v) is 14.4. The van der Waals surface area contributed by atoms with Gasteiger partial charge >= 0.3 is 0 Å². The second kappa shape index (κ2) is 11.7. The topological polar surface area (TPSA) is 80.1 Å². The second-order valence-electron chi connectivity index (χ2n) is 11.0. The lowest BCUT2D eigenvalue weighted by Crippen LogP contribution is -2.37. The SMILES string of the molecule is CC(C)NC(=O)Cn1c(-c2cccc(Cl)c2)nc2ncc(-c3cc(Cl)cc(CN4C(C)CCC4C)c3)cc2c1=O. The molecule has 208 valence electrons. The lowest BCUT2D eigenvalue weighted by molar-refractivity contribution is -0.122. The Labute approximate surface area is 244 Å². The van der Waals surface area contributed by atoms with E-state index in [1.54, 1.807) is 36.5 Å². The van der Waals surface area contributed by atoms with E-state index in [2.05, 4.69) is 35.1 Å². The van der Waals surface area contributed by atoms with Crippen LogP contribution in [0.15, 0.2) is 59.5 Å². The molecule has 0 radical (unpaired) electrons. The monoisotopic (exact) mass is 577 g/mol. The lowest BCUT2D eigenvalue weighted by Gasteiger charge is -2.26. The molecule has 7 nitrogen and oxygen atoms in total. The summed E-state index contributed by atoms with van der Waals surface area (Å²) in [7, 11) is 0. The number of aromatic nitrogens is 3. The fraction of sp³-hybridized carbons (Fsp3) is 0.355. The molecule has 1 saturated heterocycles. The van der Waals surface area contributed by atoms with Crippen LogP contribution in [-0.4, -0.2) is 43.5 Å². The highest BCUT2D eigenvalue weighted by Crippen LogP contribution is 2.30. The highest BCUT2D eigenvalue weighted by molar-refractivity contribution is 6.31. The van der Waals surface area contributed by atoms with E-state index in [1.165, 1.54) is 17.4 Å². The van der Waals surface area contributed by atoms with Crippen LogP contribution < -0.4 is 10.9 Å². The number of benzene rings is 2. The zero-order valence-corrected chi connectivity index (χ0v) is 24.6. The van der Waals surface area contributed by atoms with E-state index in [9.17, 15) is 9.59 Å². The van der Waals surface area contributed by atoms with Crippen molar-refractivity contribution >= 4 is 40.1 Å². The van der Waals surface area contributed by atoms with Gasteiger partial charge in [0.05, 0.1) is 5.39 Å². The fourth-order valence-electron chi connectivity index (χ4n) is 5.45. The van der Waals surface area contributed by atoms with E-state index >= 15 is 0 Å². The average molecular weight is 579 g/mol. The molecule has 0 aliphatic carbocycles. The van der Waals surface area contributed by atoms with Gasteiger partial charge in [0.15, 0.2) is 5.65 Å². The van der Waals surface area contributed by atoms with Gasteiger partial charge in [0.2, 0.25) is 5.91 Å². The standard InChI is InChI=1S/C31H33Cl2N5O2/c1-18(2)35-28(39)17-38-30(22-6-5-7-25(32)12-22)36-29-27(31(38)40)14-24(15-34-29)23-10-21(11-26(33)13-23)16-37-19(3)8-9-20(37)4/h5-7,10-15,18-20H,8-9,16-17H2,1-4H3,(H,35,39). The molecule has 40 heavy (non-hydrogen) atoms. The van der Waals surface area contributed by atoms with E-state index < -0.39 is 0 Å². The first-order valence-electron chi connectivity index (χ1n) is 13.6. The number of likely N-dealkylation sites (tertiary alicyclic amines) is 1. The Kier molecular flexibility index (Phi) is 8.26. The number of halogens is 2. The molecule has 9 heteroatoms. The quantitative estimate of drug-likeness (QED) is 0.277. The van der Waals surface area contributed by atoms with Crippen molar-refractivity contribution < 1.29 is 4.79 Å². The Morgan fingerprint density at radius 2 is 1.73 bits per heavy atom. The molecular weight excluding hydrogens is 545 g/mol. The maximum atomic E-state index is 13.9. The van der Waals surface area contributed by atoms with Gasteiger partial charge in [-0.3, -0.25) is 19.1 Å². The van der Waals surface area contributed by atoms with Crippen LogP contribution in [0.3, 0.4) is 0 Å². The third kappa shape index (κ3) is 6.07. The number of hydrogen-bond acceptors (Lipinski definition) is 5. The molecule has 1 aliphatic heterocycles. The molecular formula is C31H33Cl2N5O2. The van der Waals surface area contributed by atoms with Gasteiger partial charge in [-0.2, -0.15) is 0 Å². The van der Waals surface area contributed by atoms with Crippen LogP contribution >= 0.6 is 23.2 Å². The van der Waals surface area contributed by atoms with E-state index in [1.807, 2.05) is 26.0 Å². The van der Waals surface area contributed by atoms with Crippen molar-refractivity contribution in [2.45, 2.75) is 71.8 Å². The van der Waals surface area contributed by atoms with Gasteiger partial charge in [0.25, 0.3) is 5.56 Å². The zero-order chi connectivity index (χ0) is 28.6. The summed E-state index contributed by atoms with van der Waals surface area (Å²) in [5, 5.41) is 4.31. The number of carbonyl (C=O) groups excluding carboxylic acids is 1. The highest BCUT2D eigenvalue weighted by Gasteiger charge is 2.27. The lowest BCUT2D eigenvalue weighted by atomic mass is 10.0. The molecule has 0 bridgehead atoms. The van der Waals surface area contributed by atoms with Crippen LogP contribution in [0.2, 0.25) is 10.0 Å². The largest absolute Gasteiger partial charge is 0.352 e. The third-order valence-corrected chi connectivity index (χ3v) is 7.89. The highest BCUT2D eigenvalue weighted by atomic mass is 35.5. The molecule has 1 amide bonds. The Morgan fingerprint density at radius 3 is 2.42 bits per heavy atom. The normalized spacial score (nSPS) is 17.6. The molecule has 1 aliphatic rings. The molecule has 5 rings (SSSR count). The smallest absolute Gasteiger partial charge is 0.263 e. The summed E-state index contributed by atoms with van der Waals surface area (Å²) in [5.74, 6) is 0.0496. The van der Waals surface area contributed by atoms with Crippen molar-refractivity contribution in [3.05, 3.63) is 80.7 Å². The van der Waals surface area contributed by atoms with Crippen molar-refractivity contribution in [2.75, 3.05) is 0 Å². The van der Waals surface area contributed by atoms with Gasteiger partial charge in [-0.25, -0.2) is 9.97 Å². The molecule has 1 fully saturated rings. The van der Waals surface area contributed by atoms with E-state index in [0.717, 1.165) is 23.2 Å². The van der Waals surface area contributed by atoms with Crippen molar-refractivity contribution in [3.8, 4) is 22.5 Å². The fourth-order valence-corrected chi connectivity index (χ4v) is 5.90. The summed E-state index contributed by atoms with van der Waals surface area (Å²) in [6.45, 7) is 8.90. The van der Waals surface area contributed by atoms with Crippen LogP contribution in [0.5, 0.6) is 0 Å². The summed E-state index contributed by atoms with van der Waals surface area (Å²) < 4.78 is 1.39. The van der Waals surface area contributed by atoms with Gasteiger partial charge in [0, 0.05) is 52.0 Å².